The summed E-state index contributed by atoms with van der Waals surface area (Å²) < 4.78 is 5.19. The zero-order chi connectivity index (χ0) is 17.1. The van der Waals surface area contributed by atoms with E-state index in [0.717, 1.165) is 38.2 Å². The Balaban J connectivity index is 1.52. The second-order valence-electron chi connectivity index (χ2n) is 6.86. The summed E-state index contributed by atoms with van der Waals surface area (Å²) in [6, 6.07) is 8.22. The number of likely N-dealkylation sites (tertiary alicyclic amines) is 2. The van der Waals surface area contributed by atoms with Gasteiger partial charge in [-0.3, -0.25) is 14.6 Å². The maximum Gasteiger partial charge on any atom is 0.234 e. The van der Waals surface area contributed by atoms with Crippen LogP contribution >= 0.6 is 0 Å². The largest absolute Gasteiger partial charge is 0.497 e. The van der Waals surface area contributed by atoms with Crippen LogP contribution in [0.4, 0.5) is 0 Å². The molecule has 0 spiro atoms. The molecule has 6 heteroatoms. The van der Waals surface area contributed by atoms with Crippen molar-refractivity contribution in [1.29, 1.82) is 0 Å². The van der Waals surface area contributed by atoms with Gasteiger partial charge in [0.1, 0.15) is 5.75 Å². The highest BCUT2D eigenvalue weighted by atomic mass is 16.5. The number of rotatable bonds is 5. The molecule has 0 aromatic heterocycles. The van der Waals surface area contributed by atoms with Crippen LogP contribution in [0.5, 0.6) is 5.75 Å². The van der Waals surface area contributed by atoms with Gasteiger partial charge < -0.3 is 15.6 Å². The molecule has 2 fully saturated rings. The number of piperidine rings is 1. The summed E-state index contributed by atoms with van der Waals surface area (Å²) in [5.74, 6) is 0.565. The van der Waals surface area contributed by atoms with E-state index < -0.39 is 6.10 Å². The number of carbonyl (C=O) groups is 1. The lowest BCUT2D eigenvalue weighted by Crippen LogP contribution is -2.50. The molecule has 2 aliphatic rings. The minimum absolute atomic E-state index is 0.307. The van der Waals surface area contributed by atoms with E-state index in [1.165, 1.54) is 5.56 Å². The first-order valence-electron chi connectivity index (χ1n) is 8.65. The Kier molecular flexibility index (Phi) is 5.38. The van der Waals surface area contributed by atoms with Crippen LogP contribution in [0.3, 0.4) is 0 Å². The Bertz CT molecular complexity index is 555. The predicted octanol–water partition coefficient (Wildman–Crippen LogP) is 0.580. The molecular formula is C18H27N3O3. The van der Waals surface area contributed by atoms with Crippen LogP contribution < -0.4 is 10.5 Å². The van der Waals surface area contributed by atoms with Gasteiger partial charge in [0.05, 0.1) is 19.3 Å². The number of primary amides is 1. The van der Waals surface area contributed by atoms with E-state index in [0.29, 0.717) is 19.0 Å². The molecule has 1 aromatic rings. The van der Waals surface area contributed by atoms with Gasteiger partial charge in [0.25, 0.3) is 0 Å². The third-order valence-corrected chi connectivity index (χ3v) is 5.24. The second kappa shape index (κ2) is 7.51. The molecule has 3 N–H and O–H groups in total. The van der Waals surface area contributed by atoms with E-state index in [9.17, 15) is 9.90 Å². The molecule has 0 unspecified atom stereocenters. The molecule has 3 rings (SSSR count). The number of nitrogens with zero attached hydrogens (tertiary/aromatic N) is 2. The summed E-state index contributed by atoms with van der Waals surface area (Å²) in [5.41, 5.74) is 6.78. The fourth-order valence-corrected chi connectivity index (χ4v) is 3.92. The normalized spacial score (nSPS) is 26.6. The summed E-state index contributed by atoms with van der Waals surface area (Å²) in [6.45, 7) is 3.49. The smallest absolute Gasteiger partial charge is 0.234 e. The molecule has 0 aliphatic carbocycles. The van der Waals surface area contributed by atoms with Crippen molar-refractivity contribution in [3.05, 3.63) is 29.8 Å². The van der Waals surface area contributed by atoms with Crippen molar-refractivity contribution in [2.45, 2.75) is 44.0 Å². The van der Waals surface area contributed by atoms with Gasteiger partial charge >= 0.3 is 0 Å². The molecule has 0 radical (unpaired) electrons. The first kappa shape index (κ1) is 17.2. The van der Waals surface area contributed by atoms with E-state index in [1.54, 1.807) is 7.11 Å². The lowest BCUT2D eigenvalue weighted by atomic mass is 10.0. The highest BCUT2D eigenvalue weighted by Gasteiger charge is 2.39. The van der Waals surface area contributed by atoms with Gasteiger partial charge in [-0.25, -0.2) is 0 Å². The average Bonchev–Trinajstić information content (AvgIpc) is 2.98. The van der Waals surface area contributed by atoms with Crippen LogP contribution in [0.15, 0.2) is 24.3 Å². The molecule has 132 valence electrons. The molecule has 2 saturated heterocycles. The minimum atomic E-state index is -0.431. The average molecular weight is 333 g/mol. The van der Waals surface area contributed by atoms with E-state index in [-0.39, 0.29) is 11.9 Å². The number of methoxy groups -OCH3 is 1. The van der Waals surface area contributed by atoms with E-state index >= 15 is 0 Å². The summed E-state index contributed by atoms with van der Waals surface area (Å²) in [6.07, 6.45) is 2.06. The van der Waals surface area contributed by atoms with Gasteiger partial charge in [0.2, 0.25) is 5.91 Å². The molecular weight excluding hydrogens is 306 g/mol. The van der Waals surface area contributed by atoms with Gasteiger partial charge in [0.15, 0.2) is 0 Å². The van der Waals surface area contributed by atoms with Crippen molar-refractivity contribution in [3.8, 4) is 5.75 Å². The molecule has 24 heavy (non-hydrogen) atoms. The van der Waals surface area contributed by atoms with Gasteiger partial charge in [-0.15, -0.1) is 0 Å². The van der Waals surface area contributed by atoms with Crippen molar-refractivity contribution in [3.63, 3.8) is 0 Å². The van der Waals surface area contributed by atoms with E-state index in [4.69, 9.17) is 10.5 Å². The molecule has 0 saturated carbocycles. The third-order valence-electron chi connectivity index (χ3n) is 5.24. The number of carbonyl (C=O) groups excluding carboxylic acids is 1. The zero-order valence-corrected chi connectivity index (χ0v) is 14.2. The number of nitrogens with two attached hydrogens (primary N) is 1. The highest BCUT2D eigenvalue weighted by molar-refractivity contribution is 5.80. The molecule has 1 aromatic carbocycles. The molecule has 6 nitrogen and oxygen atoms in total. The number of hydrogen-bond acceptors (Lipinski definition) is 5. The Morgan fingerprint density at radius 1 is 1.29 bits per heavy atom. The van der Waals surface area contributed by atoms with Crippen molar-refractivity contribution >= 4 is 5.91 Å². The van der Waals surface area contributed by atoms with Crippen LogP contribution in [0.25, 0.3) is 0 Å². The minimum Gasteiger partial charge on any atom is -0.497 e. The summed E-state index contributed by atoms with van der Waals surface area (Å²) >= 11 is 0. The highest BCUT2D eigenvalue weighted by Crippen LogP contribution is 2.27. The van der Waals surface area contributed by atoms with Gasteiger partial charge in [-0.05, 0) is 50.0 Å². The first-order chi connectivity index (χ1) is 11.6. The number of β-amino-alcohol motifs (C(OH)–C–C–N with tert-alkyl or cyclic N) is 1. The Morgan fingerprint density at radius 2 is 1.96 bits per heavy atom. The van der Waals surface area contributed by atoms with Crippen LogP contribution in [0.1, 0.15) is 24.8 Å². The number of ether oxygens (including phenoxy) is 1. The lowest BCUT2D eigenvalue weighted by Gasteiger charge is -2.38. The molecule has 2 aliphatic heterocycles. The fraction of sp³-hybridized carbons (Fsp3) is 0.611. The molecule has 2 atom stereocenters. The fourth-order valence-electron chi connectivity index (χ4n) is 3.92. The maximum atomic E-state index is 11.6. The summed E-state index contributed by atoms with van der Waals surface area (Å²) in [5, 5.41) is 9.87. The van der Waals surface area contributed by atoms with E-state index in [2.05, 4.69) is 21.9 Å². The Morgan fingerprint density at radius 3 is 2.54 bits per heavy atom. The predicted molar refractivity (Wildman–Crippen MR) is 91.6 cm³/mol. The van der Waals surface area contributed by atoms with Crippen LogP contribution in [-0.2, 0) is 11.3 Å². The lowest BCUT2D eigenvalue weighted by molar-refractivity contribution is -0.123. The first-order valence-corrected chi connectivity index (χ1v) is 8.65. The molecule has 0 bridgehead atoms. The Labute approximate surface area is 143 Å². The topological polar surface area (TPSA) is 79.0 Å². The number of benzene rings is 1. The van der Waals surface area contributed by atoms with Gasteiger partial charge in [0, 0.05) is 19.1 Å². The standard InChI is InChI=1S/C18H27N3O3/c1-24-16-4-2-13(3-5-16)11-20-8-6-14(7-9-20)21-12-15(22)10-17(21)18(19)23/h2-5,14-15,17,22H,6-12H2,1H3,(H2,19,23)/t15-,17+/m1/s1. The van der Waals surface area contributed by atoms with Crippen molar-refractivity contribution < 1.29 is 14.6 Å². The van der Waals surface area contributed by atoms with E-state index in [1.807, 2.05) is 12.1 Å². The zero-order valence-electron chi connectivity index (χ0n) is 14.2. The maximum absolute atomic E-state index is 11.6. The summed E-state index contributed by atoms with van der Waals surface area (Å²) in [4.78, 5) is 16.2. The van der Waals surface area contributed by atoms with Crippen molar-refractivity contribution in [2.24, 2.45) is 5.73 Å². The van der Waals surface area contributed by atoms with Gasteiger partial charge in [-0.2, -0.15) is 0 Å². The van der Waals surface area contributed by atoms with Crippen molar-refractivity contribution in [1.82, 2.24) is 9.80 Å². The number of aliphatic hydroxyl groups excluding tert-OH is 1. The molecule has 1 amide bonds. The van der Waals surface area contributed by atoms with Crippen LogP contribution in [0.2, 0.25) is 0 Å². The van der Waals surface area contributed by atoms with Gasteiger partial charge in [-0.1, -0.05) is 12.1 Å². The van der Waals surface area contributed by atoms with Crippen LogP contribution in [-0.4, -0.2) is 65.7 Å². The SMILES string of the molecule is COc1ccc(CN2CCC(N3C[C@H](O)C[C@H]3C(N)=O)CC2)cc1. The number of hydrogen-bond donors (Lipinski definition) is 2. The second-order valence-corrected chi connectivity index (χ2v) is 6.86. The monoisotopic (exact) mass is 333 g/mol. The molecule has 2 heterocycles. The Hall–Kier alpha value is -1.63. The third kappa shape index (κ3) is 3.88. The van der Waals surface area contributed by atoms with Crippen molar-refractivity contribution in [2.75, 3.05) is 26.7 Å². The number of amides is 1. The number of aliphatic hydroxyl groups is 1. The summed E-state index contributed by atoms with van der Waals surface area (Å²) in [7, 11) is 1.68. The van der Waals surface area contributed by atoms with Crippen LogP contribution in [0, 0.1) is 0 Å². The quantitative estimate of drug-likeness (QED) is 0.824.